The van der Waals surface area contributed by atoms with Gasteiger partial charge in [-0.05, 0) is 26.0 Å². The molecular weight excluding hydrogens is 228 g/mol. The van der Waals surface area contributed by atoms with E-state index in [1.54, 1.807) is 0 Å². The fourth-order valence-corrected chi connectivity index (χ4v) is 2.03. The molecule has 1 aromatic rings. The van der Waals surface area contributed by atoms with Gasteiger partial charge in [0.25, 0.3) is 5.91 Å². The largest absolute Gasteiger partial charge is 0.371 e. The van der Waals surface area contributed by atoms with E-state index in [9.17, 15) is 4.79 Å². The van der Waals surface area contributed by atoms with E-state index in [4.69, 9.17) is 0 Å². The summed E-state index contributed by atoms with van der Waals surface area (Å²) < 4.78 is 2.10. The van der Waals surface area contributed by atoms with Crippen LogP contribution < -0.4 is 16.0 Å². The second-order valence-electron chi connectivity index (χ2n) is 4.63. The van der Waals surface area contributed by atoms with Crippen LogP contribution in [0.4, 0.5) is 0 Å². The molecule has 0 saturated heterocycles. The van der Waals surface area contributed by atoms with Crippen LogP contribution >= 0.6 is 0 Å². The van der Waals surface area contributed by atoms with Gasteiger partial charge in [-0.2, -0.15) is 0 Å². The average molecular weight is 248 g/mol. The predicted molar refractivity (Wildman–Crippen MR) is 70.6 cm³/mol. The quantitative estimate of drug-likeness (QED) is 0.725. The van der Waals surface area contributed by atoms with Gasteiger partial charge in [0, 0.05) is 31.9 Å². The molecule has 1 atom stereocenters. The monoisotopic (exact) mass is 248 g/mol. The lowest BCUT2D eigenvalue weighted by atomic mass is 10.2. The van der Waals surface area contributed by atoms with Crippen LogP contribution in [-0.4, -0.2) is 23.2 Å². The van der Waals surface area contributed by atoms with Crippen molar-refractivity contribution in [1.29, 1.82) is 0 Å². The Hall–Kier alpha value is -1.91. The molecule has 0 saturated carbocycles. The van der Waals surface area contributed by atoms with Crippen molar-refractivity contribution in [2.24, 2.45) is 7.05 Å². The number of nitrogens with zero attached hydrogens (tertiary/aromatic N) is 1. The third-order valence-corrected chi connectivity index (χ3v) is 3.16. The molecule has 98 valence electrons. The van der Waals surface area contributed by atoms with E-state index < -0.39 is 0 Å². The number of aromatic nitrogens is 1. The van der Waals surface area contributed by atoms with Crippen LogP contribution in [0.15, 0.2) is 29.7 Å². The summed E-state index contributed by atoms with van der Waals surface area (Å²) in [4.78, 5) is 11.6. The van der Waals surface area contributed by atoms with Crippen LogP contribution in [0.1, 0.15) is 19.5 Å². The van der Waals surface area contributed by atoms with Gasteiger partial charge in [0.1, 0.15) is 5.82 Å². The number of hydrogen-bond acceptors (Lipinski definition) is 3. The molecule has 5 nitrogen and oxygen atoms in total. The van der Waals surface area contributed by atoms with Gasteiger partial charge in [-0.1, -0.05) is 0 Å². The highest BCUT2D eigenvalue weighted by atomic mass is 16.2. The Kier molecular flexibility index (Phi) is 3.60. The van der Waals surface area contributed by atoms with Crippen molar-refractivity contribution in [3.8, 4) is 0 Å². The first-order valence-corrected chi connectivity index (χ1v) is 6.20. The van der Waals surface area contributed by atoms with Gasteiger partial charge in [-0.25, -0.2) is 0 Å². The van der Waals surface area contributed by atoms with Gasteiger partial charge < -0.3 is 20.5 Å². The highest BCUT2D eigenvalue weighted by molar-refractivity contribution is 5.94. The molecule has 1 amide bonds. The first-order chi connectivity index (χ1) is 8.58. The van der Waals surface area contributed by atoms with Crippen molar-refractivity contribution in [3.63, 3.8) is 0 Å². The van der Waals surface area contributed by atoms with Crippen LogP contribution in [0.5, 0.6) is 0 Å². The molecule has 2 heterocycles. The van der Waals surface area contributed by atoms with E-state index >= 15 is 0 Å². The molecule has 1 aromatic heterocycles. The summed E-state index contributed by atoms with van der Waals surface area (Å²) in [5.74, 6) is 0.822. The highest BCUT2D eigenvalue weighted by Crippen LogP contribution is 2.05. The Morgan fingerprint density at radius 2 is 2.22 bits per heavy atom. The van der Waals surface area contributed by atoms with Crippen molar-refractivity contribution in [1.82, 2.24) is 20.5 Å². The summed E-state index contributed by atoms with van der Waals surface area (Å²) in [6.07, 6.45) is 2.94. The van der Waals surface area contributed by atoms with Crippen molar-refractivity contribution in [2.45, 2.75) is 26.4 Å². The minimum atomic E-state index is -0.0289. The summed E-state index contributed by atoms with van der Waals surface area (Å²) in [5, 5.41) is 9.33. The molecule has 18 heavy (non-hydrogen) atoms. The van der Waals surface area contributed by atoms with Crippen LogP contribution in [0.25, 0.3) is 0 Å². The smallest absolute Gasteiger partial charge is 0.252 e. The molecule has 0 fully saturated rings. The third kappa shape index (κ3) is 2.67. The molecule has 1 aliphatic rings. The Morgan fingerprint density at radius 3 is 2.89 bits per heavy atom. The summed E-state index contributed by atoms with van der Waals surface area (Å²) in [7, 11) is 2.04. The van der Waals surface area contributed by atoms with E-state index in [0.29, 0.717) is 5.57 Å². The Labute approximate surface area is 107 Å². The fourth-order valence-electron chi connectivity index (χ4n) is 2.03. The number of amides is 1. The summed E-state index contributed by atoms with van der Waals surface area (Å²) in [5.41, 5.74) is 1.98. The van der Waals surface area contributed by atoms with Gasteiger partial charge in [-0.15, -0.1) is 0 Å². The van der Waals surface area contributed by atoms with E-state index in [1.807, 2.05) is 33.2 Å². The fraction of sp³-hybridized carbons (Fsp3) is 0.462. The third-order valence-electron chi connectivity index (χ3n) is 3.16. The minimum Gasteiger partial charge on any atom is -0.371 e. The number of hydrogen-bond donors (Lipinski definition) is 3. The molecule has 5 heteroatoms. The zero-order chi connectivity index (χ0) is 13.1. The SMILES string of the molecule is CC1=C(NCCc2cccn2C)NC(C)NC1=O. The van der Waals surface area contributed by atoms with Gasteiger partial charge in [-0.3, -0.25) is 4.79 Å². The maximum atomic E-state index is 11.6. The summed E-state index contributed by atoms with van der Waals surface area (Å²) >= 11 is 0. The lowest BCUT2D eigenvalue weighted by molar-refractivity contribution is -0.118. The van der Waals surface area contributed by atoms with Gasteiger partial charge in [0.2, 0.25) is 0 Å². The standard InChI is InChI=1S/C13H20N4O/c1-9-12(15-10(2)16-13(9)18)14-7-6-11-5-4-8-17(11)3/h4-5,8,10,14-15H,6-7H2,1-3H3,(H,16,18). The van der Waals surface area contributed by atoms with Gasteiger partial charge >= 0.3 is 0 Å². The number of aryl methyl sites for hydroxylation is 1. The molecule has 1 aliphatic heterocycles. The normalized spacial score (nSPS) is 19.5. The molecule has 2 rings (SSSR count). The zero-order valence-electron chi connectivity index (χ0n) is 11.1. The molecule has 0 radical (unpaired) electrons. The zero-order valence-corrected chi connectivity index (χ0v) is 11.1. The number of rotatable bonds is 4. The van der Waals surface area contributed by atoms with E-state index in [-0.39, 0.29) is 12.1 Å². The maximum Gasteiger partial charge on any atom is 0.252 e. The molecular formula is C13H20N4O. The Morgan fingerprint density at radius 1 is 1.44 bits per heavy atom. The predicted octanol–water partition coefficient (Wildman–Crippen LogP) is 0.454. The van der Waals surface area contributed by atoms with Crippen molar-refractivity contribution >= 4 is 5.91 Å². The number of nitrogens with one attached hydrogen (secondary N) is 3. The lowest BCUT2D eigenvalue weighted by Crippen LogP contribution is -2.51. The Bertz CT molecular complexity index is 475. The highest BCUT2D eigenvalue weighted by Gasteiger charge is 2.19. The molecule has 0 bridgehead atoms. The number of carbonyl (C=O) groups excluding carboxylic acids is 1. The molecule has 1 unspecified atom stereocenters. The second-order valence-corrected chi connectivity index (χ2v) is 4.63. The van der Waals surface area contributed by atoms with Gasteiger partial charge in [0.05, 0.1) is 11.7 Å². The van der Waals surface area contributed by atoms with Crippen molar-refractivity contribution in [3.05, 3.63) is 35.4 Å². The maximum absolute atomic E-state index is 11.6. The number of carbonyl (C=O) groups is 1. The topological polar surface area (TPSA) is 58.1 Å². The van der Waals surface area contributed by atoms with Crippen molar-refractivity contribution < 1.29 is 4.79 Å². The van der Waals surface area contributed by atoms with Crippen LogP contribution in [0, 0.1) is 0 Å². The first-order valence-electron chi connectivity index (χ1n) is 6.20. The molecule has 0 aliphatic carbocycles. The second kappa shape index (κ2) is 5.16. The van der Waals surface area contributed by atoms with E-state index in [0.717, 1.165) is 18.8 Å². The molecule has 0 spiro atoms. The minimum absolute atomic E-state index is 0.0115. The average Bonchev–Trinajstić information content (AvgIpc) is 2.71. The van der Waals surface area contributed by atoms with Crippen LogP contribution in [0.3, 0.4) is 0 Å². The molecule has 3 N–H and O–H groups in total. The first kappa shape index (κ1) is 12.5. The van der Waals surface area contributed by atoms with Gasteiger partial charge in [0.15, 0.2) is 0 Å². The Balaban J connectivity index is 1.92. The van der Waals surface area contributed by atoms with Crippen LogP contribution in [-0.2, 0) is 18.3 Å². The van der Waals surface area contributed by atoms with E-state index in [1.165, 1.54) is 5.69 Å². The summed E-state index contributed by atoms with van der Waals surface area (Å²) in [6.45, 7) is 4.54. The summed E-state index contributed by atoms with van der Waals surface area (Å²) in [6, 6.07) is 4.14. The van der Waals surface area contributed by atoms with E-state index in [2.05, 4.69) is 26.6 Å². The van der Waals surface area contributed by atoms with Crippen molar-refractivity contribution in [2.75, 3.05) is 6.54 Å². The van der Waals surface area contributed by atoms with Crippen LogP contribution in [0.2, 0.25) is 0 Å². The molecule has 0 aromatic carbocycles. The lowest BCUT2D eigenvalue weighted by Gasteiger charge is -2.27.